The maximum absolute atomic E-state index is 6.06. The van der Waals surface area contributed by atoms with E-state index in [0.717, 1.165) is 18.4 Å². The minimum Gasteiger partial charge on any atom is -0.271 e. The largest absolute Gasteiger partial charge is 0.271 e. The van der Waals surface area contributed by atoms with Crippen molar-refractivity contribution in [2.75, 3.05) is 0 Å². The van der Waals surface area contributed by atoms with Gasteiger partial charge in [0.1, 0.15) is 0 Å². The Labute approximate surface area is 128 Å². The summed E-state index contributed by atoms with van der Waals surface area (Å²) in [6.45, 7) is 0. The van der Waals surface area contributed by atoms with Gasteiger partial charge in [-0.25, -0.2) is 0 Å². The topological polar surface area (TPSA) is 38.0 Å². The van der Waals surface area contributed by atoms with E-state index in [2.05, 4.69) is 29.7 Å². The number of hydrogen-bond acceptors (Lipinski definition) is 2. The van der Waals surface area contributed by atoms with Gasteiger partial charge in [-0.1, -0.05) is 47.5 Å². The zero-order valence-electron chi connectivity index (χ0n) is 10.9. The molecule has 3 N–H and O–H groups in total. The fourth-order valence-electron chi connectivity index (χ4n) is 2.93. The van der Waals surface area contributed by atoms with E-state index in [4.69, 9.17) is 29.0 Å². The second-order valence-electron chi connectivity index (χ2n) is 5.26. The first-order valence-corrected chi connectivity index (χ1v) is 7.43. The summed E-state index contributed by atoms with van der Waals surface area (Å²) in [4.78, 5) is 0. The lowest BCUT2D eigenvalue weighted by atomic mass is 9.74. The lowest BCUT2D eigenvalue weighted by Crippen LogP contribution is -2.31. The molecule has 0 bridgehead atoms. The molecule has 2 unspecified atom stereocenters. The van der Waals surface area contributed by atoms with Gasteiger partial charge in [-0.2, -0.15) is 0 Å². The highest BCUT2D eigenvalue weighted by atomic mass is 35.5. The molecule has 1 aliphatic carbocycles. The normalized spacial score (nSPS) is 18.2. The molecule has 0 aromatic heterocycles. The Morgan fingerprint density at radius 3 is 2.50 bits per heavy atom. The molecule has 1 aliphatic rings. The van der Waals surface area contributed by atoms with E-state index in [1.54, 1.807) is 6.07 Å². The van der Waals surface area contributed by atoms with Gasteiger partial charge in [0.25, 0.3) is 0 Å². The summed E-state index contributed by atoms with van der Waals surface area (Å²) in [7, 11) is 0. The fourth-order valence-corrected chi connectivity index (χ4v) is 3.48. The zero-order chi connectivity index (χ0) is 14.1. The van der Waals surface area contributed by atoms with Crippen LogP contribution in [-0.4, -0.2) is 0 Å². The van der Waals surface area contributed by atoms with Gasteiger partial charge in [0.15, 0.2) is 0 Å². The molecule has 2 atom stereocenters. The van der Waals surface area contributed by atoms with Gasteiger partial charge in [0.05, 0.1) is 0 Å². The van der Waals surface area contributed by atoms with Crippen LogP contribution in [0.3, 0.4) is 0 Å². The molecule has 0 spiro atoms. The minimum absolute atomic E-state index is 0.0598. The predicted molar refractivity (Wildman–Crippen MR) is 84.0 cm³/mol. The smallest absolute Gasteiger partial charge is 0.0467 e. The third-order valence-electron chi connectivity index (χ3n) is 3.97. The summed E-state index contributed by atoms with van der Waals surface area (Å²) < 4.78 is 0. The van der Waals surface area contributed by atoms with E-state index in [-0.39, 0.29) is 6.04 Å². The number of hydrazine groups is 1. The van der Waals surface area contributed by atoms with Crippen LogP contribution in [0.1, 0.15) is 35.1 Å². The van der Waals surface area contributed by atoms with Gasteiger partial charge in [-0.15, -0.1) is 0 Å². The third kappa shape index (κ3) is 2.70. The molecule has 2 aromatic carbocycles. The maximum Gasteiger partial charge on any atom is 0.0467 e. The minimum atomic E-state index is 0.0598. The molecule has 0 heterocycles. The number of nitrogens with two attached hydrogens (primary N) is 1. The molecule has 0 fully saturated rings. The molecule has 3 rings (SSSR count). The molecule has 0 radical (unpaired) electrons. The summed E-state index contributed by atoms with van der Waals surface area (Å²) in [6, 6.07) is 14.2. The van der Waals surface area contributed by atoms with Gasteiger partial charge < -0.3 is 0 Å². The Morgan fingerprint density at radius 1 is 1.15 bits per heavy atom. The van der Waals surface area contributed by atoms with Gasteiger partial charge in [0.2, 0.25) is 0 Å². The number of benzene rings is 2. The molecular weight excluding hydrogens is 291 g/mol. The van der Waals surface area contributed by atoms with Crippen LogP contribution < -0.4 is 11.3 Å². The van der Waals surface area contributed by atoms with Crippen molar-refractivity contribution in [2.24, 2.45) is 5.84 Å². The van der Waals surface area contributed by atoms with Crippen molar-refractivity contribution in [3.8, 4) is 0 Å². The maximum atomic E-state index is 6.06. The van der Waals surface area contributed by atoms with E-state index in [0.29, 0.717) is 16.0 Å². The highest BCUT2D eigenvalue weighted by molar-refractivity contribution is 6.34. The molecule has 4 heteroatoms. The van der Waals surface area contributed by atoms with Crippen molar-refractivity contribution in [3.05, 3.63) is 69.2 Å². The predicted octanol–water partition coefficient (Wildman–Crippen LogP) is 4.23. The summed E-state index contributed by atoms with van der Waals surface area (Å²) >= 11 is 12.1. The van der Waals surface area contributed by atoms with Crippen LogP contribution in [0.5, 0.6) is 0 Å². The number of halogens is 2. The molecule has 2 aromatic rings. The summed E-state index contributed by atoms with van der Waals surface area (Å²) in [5, 5.41) is 1.28. The highest BCUT2D eigenvalue weighted by Crippen LogP contribution is 2.41. The van der Waals surface area contributed by atoms with Gasteiger partial charge in [-0.3, -0.25) is 11.3 Å². The Bertz CT molecular complexity index is 607. The third-order valence-corrected chi connectivity index (χ3v) is 4.41. The lowest BCUT2D eigenvalue weighted by Gasteiger charge is -2.33. The molecular formula is C16H16Cl2N2. The Balaban J connectivity index is 1.79. The van der Waals surface area contributed by atoms with Crippen molar-refractivity contribution in [1.29, 1.82) is 0 Å². The Hall–Kier alpha value is -1.06. The molecule has 0 amide bonds. The van der Waals surface area contributed by atoms with Crippen LogP contribution in [0.15, 0.2) is 42.5 Å². The molecule has 0 aliphatic heterocycles. The van der Waals surface area contributed by atoms with Crippen LogP contribution >= 0.6 is 23.2 Å². The second-order valence-corrected chi connectivity index (χ2v) is 6.13. The average molecular weight is 307 g/mol. The van der Waals surface area contributed by atoms with Crippen molar-refractivity contribution < 1.29 is 0 Å². The van der Waals surface area contributed by atoms with Crippen LogP contribution in [0.4, 0.5) is 0 Å². The Kier molecular flexibility index (Phi) is 3.99. The first-order chi connectivity index (χ1) is 9.67. The van der Waals surface area contributed by atoms with Crippen molar-refractivity contribution in [2.45, 2.75) is 24.8 Å². The van der Waals surface area contributed by atoms with Crippen LogP contribution in [0.2, 0.25) is 10.0 Å². The summed E-state index contributed by atoms with van der Waals surface area (Å²) in [6.07, 6.45) is 2.06. The van der Waals surface area contributed by atoms with Gasteiger partial charge >= 0.3 is 0 Å². The summed E-state index contributed by atoms with van der Waals surface area (Å²) in [5.41, 5.74) is 6.80. The van der Waals surface area contributed by atoms with Gasteiger partial charge in [0, 0.05) is 16.1 Å². The molecule has 0 saturated heterocycles. The van der Waals surface area contributed by atoms with Crippen LogP contribution in [0.25, 0.3) is 0 Å². The highest BCUT2D eigenvalue weighted by Gasteiger charge is 2.28. The number of nitrogens with one attached hydrogen (secondary N) is 1. The van der Waals surface area contributed by atoms with E-state index in [9.17, 15) is 0 Å². The van der Waals surface area contributed by atoms with Crippen molar-refractivity contribution >= 4 is 23.2 Å². The summed E-state index contributed by atoms with van der Waals surface area (Å²) in [5.74, 6) is 6.26. The monoisotopic (exact) mass is 306 g/mol. The standard InChI is InChI=1S/C16H16Cl2N2/c17-13-6-12(7-14(18)9-13)16(20-19)8-11-5-10-3-1-2-4-15(10)11/h1-4,6-7,9,11,16,20H,5,8,19H2. The van der Waals surface area contributed by atoms with Crippen LogP contribution in [-0.2, 0) is 6.42 Å². The molecule has 20 heavy (non-hydrogen) atoms. The average Bonchev–Trinajstić information content (AvgIpc) is 2.39. The number of fused-ring (bicyclic) bond motifs is 1. The van der Waals surface area contributed by atoms with E-state index >= 15 is 0 Å². The van der Waals surface area contributed by atoms with Gasteiger partial charge in [-0.05, 0) is 53.6 Å². The van der Waals surface area contributed by atoms with E-state index in [1.807, 2.05) is 12.1 Å². The molecule has 2 nitrogen and oxygen atoms in total. The lowest BCUT2D eigenvalue weighted by molar-refractivity contribution is 0.435. The zero-order valence-corrected chi connectivity index (χ0v) is 12.5. The molecule has 104 valence electrons. The van der Waals surface area contributed by atoms with E-state index in [1.165, 1.54) is 11.1 Å². The quantitative estimate of drug-likeness (QED) is 0.655. The van der Waals surface area contributed by atoms with E-state index < -0.39 is 0 Å². The molecule has 0 saturated carbocycles. The van der Waals surface area contributed by atoms with Crippen molar-refractivity contribution in [3.63, 3.8) is 0 Å². The number of hydrogen-bond donors (Lipinski definition) is 2. The Morgan fingerprint density at radius 2 is 1.85 bits per heavy atom. The fraction of sp³-hybridized carbons (Fsp3) is 0.250. The first kappa shape index (κ1) is 13.9. The van der Waals surface area contributed by atoms with Crippen LogP contribution in [0, 0.1) is 0 Å². The SMILES string of the molecule is NNC(CC1Cc2ccccc21)c1cc(Cl)cc(Cl)c1. The van der Waals surface area contributed by atoms with Crippen molar-refractivity contribution in [1.82, 2.24) is 5.43 Å². The first-order valence-electron chi connectivity index (χ1n) is 6.67. The number of rotatable bonds is 4. The second kappa shape index (κ2) is 5.74.